The van der Waals surface area contributed by atoms with Gasteiger partial charge in [-0.15, -0.1) is 0 Å². The molecular weight excluding hydrogens is 320 g/mol. The third-order valence-corrected chi connectivity index (χ3v) is 3.70. The Morgan fingerprint density at radius 3 is 2.57 bits per heavy atom. The third-order valence-electron chi connectivity index (χ3n) is 2.93. The van der Waals surface area contributed by atoms with Gasteiger partial charge < -0.3 is 20.1 Å². The molecule has 0 unspecified atom stereocenters. The van der Waals surface area contributed by atoms with E-state index in [1.165, 1.54) is 0 Å². The number of rotatable bonds is 8. The van der Waals surface area contributed by atoms with Crippen molar-refractivity contribution in [1.29, 1.82) is 0 Å². The van der Waals surface area contributed by atoms with E-state index in [0.29, 0.717) is 30.5 Å². The minimum Gasteiger partial charge on any atom is -0.497 e. The summed E-state index contributed by atoms with van der Waals surface area (Å²) < 4.78 is 32.4. The van der Waals surface area contributed by atoms with Crippen LogP contribution in [-0.2, 0) is 16.6 Å². The summed E-state index contributed by atoms with van der Waals surface area (Å²) in [6, 6.07) is 5.48. The summed E-state index contributed by atoms with van der Waals surface area (Å²) in [6.45, 7) is 3.13. The highest BCUT2D eigenvalue weighted by atomic mass is 32.2. The number of hydrogen-bond donors (Lipinski definition) is 3. The topological polar surface area (TPSA) is 115 Å². The van der Waals surface area contributed by atoms with Gasteiger partial charge in [0.15, 0.2) is 5.96 Å². The molecule has 1 aromatic rings. The summed E-state index contributed by atoms with van der Waals surface area (Å²) in [5.74, 6) is 1.72. The van der Waals surface area contributed by atoms with Crippen LogP contribution in [0.15, 0.2) is 23.2 Å². The number of nitrogens with zero attached hydrogens (tertiary/aromatic N) is 1. The number of nitrogens with two attached hydrogens (primary N) is 1. The number of guanidine groups is 1. The Bertz CT molecular complexity index is 632. The van der Waals surface area contributed by atoms with Crippen LogP contribution in [0, 0.1) is 0 Å². The van der Waals surface area contributed by atoms with Crippen LogP contribution in [0.4, 0.5) is 0 Å². The zero-order valence-corrected chi connectivity index (χ0v) is 14.4. The fourth-order valence-electron chi connectivity index (χ4n) is 1.80. The number of sulfonamides is 1. The number of aliphatic imine (C=N–C) groups is 1. The Balaban J connectivity index is 2.76. The third kappa shape index (κ3) is 7.20. The van der Waals surface area contributed by atoms with Crippen LogP contribution >= 0.6 is 0 Å². The van der Waals surface area contributed by atoms with E-state index in [2.05, 4.69) is 15.6 Å². The molecule has 0 spiro atoms. The maximum Gasteiger partial charge on any atom is 0.210 e. The summed E-state index contributed by atoms with van der Waals surface area (Å²) in [5, 5.41) is 10.9. The molecule has 0 aliphatic rings. The Hall–Kier alpha value is -2.00. The summed E-state index contributed by atoms with van der Waals surface area (Å²) >= 11 is 0. The normalized spacial score (nSPS) is 11.9. The van der Waals surface area contributed by atoms with E-state index in [0.717, 1.165) is 5.56 Å². The van der Waals surface area contributed by atoms with Gasteiger partial charge in [0.1, 0.15) is 11.5 Å². The predicted octanol–water partition coefficient (Wildman–Crippen LogP) is 0.0474. The number of nitrogens with one attached hydrogen (secondary N) is 2. The number of methoxy groups -OCH3 is 2. The van der Waals surface area contributed by atoms with Crippen molar-refractivity contribution >= 4 is 16.0 Å². The van der Waals surface area contributed by atoms with Gasteiger partial charge in [-0.1, -0.05) is 0 Å². The molecule has 0 aliphatic carbocycles. The molecule has 0 aliphatic heterocycles. The fraction of sp³-hybridized carbons (Fsp3) is 0.500. The monoisotopic (exact) mass is 344 g/mol. The lowest BCUT2D eigenvalue weighted by Gasteiger charge is -2.12. The van der Waals surface area contributed by atoms with Crippen molar-refractivity contribution in [3.05, 3.63) is 23.8 Å². The molecule has 9 heteroatoms. The van der Waals surface area contributed by atoms with E-state index >= 15 is 0 Å². The standard InChI is InChI=1S/C14H24N4O4S/c1-4-16-14(17-7-8-23(15,19)20)18-10-11-5-6-12(21-2)9-13(11)22-3/h5-6,9H,4,7-8,10H2,1-3H3,(H2,15,19,20)(H2,16,17,18). The Labute approximate surface area is 137 Å². The highest BCUT2D eigenvalue weighted by molar-refractivity contribution is 7.89. The molecule has 1 aromatic carbocycles. The van der Waals surface area contributed by atoms with Crippen molar-refractivity contribution in [2.75, 3.05) is 33.1 Å². The molecule has 0 heterocycles. The van der Waals surface area contributed by atoms with Crippen LogP contribution in [0.2, 0.25) is 0 Å². The van der Waals surface area contributed by atoms with E-state index in [4.69, 9.17) is 14.6 Å². The minimum atomic E-state index is -3.50. The number of benzene rings is 1. The Morgan fingerprint density at radius 1 is 1.26 bits per heavy atom. The first-order valence-electron chi connectivity index (χ1n) is 7.13. The van der Waals surface area contributed by atoms with Crippen molar-refractivity contribution in [3.63, 3.8) is 0 Å². The van der Waals surface area contributed by atoms with Gasteiger partial charge in [-0.05, 0) is 19.1 Å². The van der Waals surface area contributed by atoms with Crippen LogP contribution in [0.25, 0.3) is 0 Å². The summed E-state index contributed by atoms with van der Waals surface area (Å²) in [7, 11) is -0.330. The largest absolute Gasteiger partial charge is 0.497 e. The van der Waals surface area contributed by atoms with Crippen LogP contribution in [0.1, 0.15) is 12.5 Å². The predicted molar refractivity (Wildman–Crippen MR) is 90.3 cm³/mol. The molecule has 0 saturated heterocycles. The zero-order valence-electron chi connectivity index (χ0n) is 13.6. The maximum absolute atomic E-state index is 10.9. The summed E-state index contributed by atoms with van der Waals surface area (Å²) in [5.41, 5.74) is 0.886. The lowest BCUT2D eigenvalue weighted by Crippen LogP contribution is -2.40. The van der Waals surface area contributed by atoms with E-state index in [-0.39, 0.29) is 12.3 Å². The molecular formula is C14H24N4O4S. The first kappa shape index (κ1) is 19.0. The minimum absolute atomic E-state index is 0.163. The van der Waals surface area contributed by atoms with Crippen LogP contribution in [0.5, 0.6) is 11.5 Å². The van der Waals surface area contributed by atoms with E-state index < -0.39 is 10.0 Å². The van der Waals surface area contributed by atoms with Crippen LogP contribution in [0.3, 0.4) is 0 Å². The molecule has 0 amide bonds. The average molecular weight is 344 g/mol. The Kier molecular flexibility index (Phi) is 7.63. The molecule has 0 radical (unpaired) electrons. The van der Waals surface area contributed by atoms with Gasteiger partial charge in [0, 0.05) is 24.7 Å². The molecule has 23 heavy (non-hydrogen) atoms. The van der Waals surface area contributed by atoms with Crippen molar-refractivity contribution in [2.45, 2.75) is 13.5 Å². The van der Waals surface area contributed by atoms with Crippen molar-refractivity contribution in [1.82, 2.24) is 10.6 Å². The first-order chi connectivity index (χ1) is 10.9. The molecule has 0 fully saturated rings. The maximum atomic E-state index is 10.9. The van der Waals surface area contributed by atoms with Gasteiger partial charge in [-0.3, -0.25) is 0 Å². The van der Waals surface area contributed by atoms with Gasteiger partial charge in [-0.25, -0.2) is 18.5 Å². The van der Waals surface area contributed by atoms with Gasteiger partial charge in [0.05, 0.1) is 26.5 Å². The molecule has 0 aromatic heterocycles. The van der Waals surface area contributed by atoms with Crippen LogP contribution < -0.4 is 25.2 Å². The number of ether oxygens (including phenoxy) is 2. The lowest BCUT2D eigenvalue weighted by atomic mass is 10.2. The second-order valence-corrected chi connectivity index (χ2v) is 6.40. The molecule has 1 rings (SSSR count). The molecule has 0 atom stereocenters. The van der Waals surface area contributed by atoms with Crippen molar-refractivity contribution < 1.29 is 17.9 Å². The zero-order chi connectivity index (χ0) is 17.3. The molecule has 4 N–H and O–H groups in total. The molecule has 8 nitrogen and oxygen atoms in total. The SMILES string of the molecule is CCNC(=NCc1ccc(OC)cc1OC)NCCS(N)(=O)=O. The fourth-order valence-corrected chi connectivity index (χ4v) is 2.19. The number of primary sulfonamides is 1. The van der Waals surface area contributed by atoms with E-state index in [9.17, 15) is 8.42 Å². The highest BCUT2D eigenvalue weighted by Gasteiger charge is 2.06. The smallest absolute Gasteiger partial charge is 0.210 e. The molecule has 0 bridgehead atoms. The van der Waals surface area contributed by atoms with E-state index in [1.54, 1.807) is 20.3 Å². The molecule has 130 valence electrons. The second kappa shape index (κ2) is 9.21. The lowest BCUT2D eigenvalue weighted by molar-refractivity contribution is 0.391. The quantitative estimate of drug-likeness (QED) is 0.453. The average Bonchev–Trinajstić information content (AvgIpc) is 2.51. The van der Waals surface area contributed by atoms with Crippen LogP contribution in [-0.4, -0.2) is 47.4 Å². The molecule has 0 saturated carbocycles. The first-order valence-corrected chi connectivity index (χ1v) is 8.84. The second-order valence-electron chi connectivity index (χ2n) is 4.67. The van der Waals surface area contributed by atoms with Crippen molar-refractivity contribution in [3.8, 4) is 11.5 Å². The van der Waals surface area contributed by atoms with Gasteiger partial charge in [-0.2, -0.15) is 0 Å². The van der Waals surface area contributed by atoms with Gasteiger partial charge >= 0.3 is 0 Å². The number of hydrogen-bond acceptors (Lipinski definition) is 5. The summed E-state index contributed by atoms with van der Waals surface area (Å²) in [6.07, 6.45) is 0. The van der Waals surface area contributed by atoms with Crippen molar-refractivity contribution in [2.24, 2.45) is 10.1 Å². The summed E-state index contributed by atoms with van der Waals surface area (Å²) in [4.78, 5) is 4.41. The van der Waals surface area contributed by atoms with Gasteiger partial charge in [0.2, 0.25) is 10.0 Å². The van der Waals surface area contributed by atoms with E-state index in [1.807, 2.05) is 19.1 Å². The highest BCUT2D eigenvalue weighted by Crippen LogP contribution is 2.25. The Morgan fingerprint density at radius 2 is 2.00 bits per heavy atom. The van der Waals surface area contributed by atoms with Gasteiger partial charge in [0.25, 0.3) is 0 Å².